The fraction of sp³-hybridized carbons (Fsp3) is 0. The summed E-state index contributed by atoms with van der Waals surface area (Å²) in [6.07, 6.45) is 0.796. The van der Waals surface area contributed by atoms with Crippen molar-refractivity contribution in [1.82, 2.24) is 0 Å². The van der Waals surface area contributed by atoms with E-state index >= 15 is 0 Å². The Hall–Kier alpha value is -2.74. The number of rotatable bonds is 3. The lowest BCUT2D eigenvalue weighted by Crippen LogP contribution is -2.03. The molecule has 0 unspecified atom stereocenters. The molecule has 0 heterocycles. The van der Waals surface area contributed by atoms with E-state index in [0.717, 1.165) is 17.1 Å². The Morgan fingerprint density at radius 3 is 2.20 bits per heavy atom. The number of benzene rings is 3. The number of fused-ring (bicyclic) bond motifs is 1. The van der Waals surface area contributed by atoms with Gasteiger partial charge in [0, 0.05) is 22.1 Å². The molecular weight excluding hydrogens is 248 g/mol. The maximum absolute atomic E-state index is 12.6. The molecule has 3 rings (SSSR count). The van der Waals surface area contributed by atoms with E-state index in [1.807, 2.05) is 42.5 Å². The molecule has 0 aliphatic rings. The predicted molar refractivity (Wildman–Crippen MR) is 79.2 cm³/mol. The Balaban J connectivity index is 2.27. The van der Waals surface area contributed by atoms with Crippen LogP contribution in [0.3, 0.4) is 0 Å². The number of carbonyl (C=O) groups excluding carboxylic acids is 2. The van der Waals surface area contributed by atoms with Crippen molar-refractivity contribution in [1.29, 1.82) is 0 Å². The molecule has 0 aromatic heterocycles. The Kier molecular flexibility index (Phi) is 3.13. The molecule has 0 saturated heterocycles. The van der Waals surface area contributed by atoms with Crippen molar-refractivity contribution < 1.29 is 9.59 Å². The molecule has 2 nitrogen and oxygen atoms in total. The standard InChI is InChI=1S/C18H12O2/c19-12-15-10-4-8-13-9-5-11-16(17(13)15)18(20)14-6-2-1-3-7-14/h1-12H. The third-order valence-corrected chi connectivity index (χ3v) is 3.34. The van der Waals surface area contributed by atoms with Gasteiger partial charge in [0.1, 0.15) is 0 Å². The summed E-state index contributed by atoms with van der Waals surface area (Å²) >= 11 is 0. The first kappa shape index (κ1) is 12.3. The fourth-order valence-electron chi connectivity index (χ4n) is 2.40. The van der Waals surface area contributed by atoms with E-state index in [1.54, 1.807) is 24.3 Å². The summed E-state index contributed by atoms with van der Waals surface area (Å²) in [5, 5.41) is 1.62. The third-order valence-electron chi connectivity index (χ3n) is 3.34. The molecule has 2 heteroatoms. The lowest BCUT2D eigenvalue weighted by molar-refractivity contribution is 0.104. The van der Waals surface area contributed by atoms with E-state index in [2.05, 4.69) is 0 Å². The van der Waals surface area contributed by atoms with E-state index in [4.69, 9.17) is 0 Å². The minimum absolute atomic E-state index is 0.0644. The van der Waals surface area contributed by atoms with Gasteiger partial charge in [-0.15, -0.1) is 0 Å². The quantitative estimate of drug-likeness (QED) is 0.529. The number of aldehydes is 1. The molecule has 96 valence electrons. The Labute approximate surface area is 116 Å². The molecule has 0 radical (unpaired) electrons. The summed E-state index contributed by atoms with van der Waals surface area (Å²) in [5.41, 5.74) is 1.74. The van der Waals surface area contributed by atoms with Gasteiger partial charge in [0.05, 0.1) is 0 Å². The number of ketones is 1. The van der Waals surface area contributed by atoms with E-state index in [0.29, 0.717) is 16.7 Å². The van der Waals surface area contributed by atoms with Crippen LogP contribution < -0.4 is 0 Å². The van der Waals surface area contributed by atoms with Crippen molar-refractivity contribution in [2.75, 3.05) is 0 Å². The summed E-state index contributed by atoms with van der Waals surface area (Å²) in [6, 6.07) is 20.1. The molecule has 0 N–H and O–H groups in total. The van der Waals surface area contributed by atoms with Gasteiger partial charge in [-0.25, -0.2) is 0 Å². The van der Waals surface area contributed by atoms with Crippen molar-refractivity contribution in [3.05, 3.63) is 83.4 Å². The van der Waals surface area contributed by atoms with Gasteiger partial charge in [0.2, 0.25) is 0 Å². The van der Waals surface area contributed by atoms with Gasteiger partial charge in [-0.2, -0.15) is 0 Å². The second-order valence-electron chi connectivity index (χ2n) is 4.56. The van der Waals surface area contributed by atoms with Gasteiger partial charge >= 0.3 is 0 Å². The summed E-state index contributed by atoms with van der Waals surface area (Å²) in [7, 11) is 0. The van der Waals surface area contributed by atoms with Crippen LogP contribution in [-0.2, 0) is 0 Å². The Bertz CT molecular complexity index is 784. The summed E-state index contributed by atoms with van der Waals surface area (Å²) in [4.78, 5) is 23.8. The molecule has 0 atom stereocenters. The van der Waals surface area contributed by atoms with Crippen LogP contribution in [0.5, 0.6) is 0 Å². The largest absolute Gasteiger partial charge is 0.298 e. The number of hydrogen-bond acceptors (Lipinski definition) is 2. The highest BCUT2D eigenvalue weighted by Crippen LogP contribution is 2.24. The van der Waals surface area contributed by atoms with Gasteiger partial charge in [-0.05, 0) is 5.39 Å². The second kappa shape index (κ2) is 5.10. The third kappa shape index (κ3) is 2.01. The molecule has 0 aliphatic heterocycles. The molecule has 3 aromatic rings. The zero-order valence-corrected chi connectivity index (χ0v) is 10.7. The lowest BCUT2D eigenvalue weighted by Gasteiger charge is -2.08. The SMILES string of the molecule is O=Cc1cccc2cccc(C(=O)c3ccccc3)c12. The van der Waals surface area contributed by atoms with Gasteiger partial charge < -0.3 is 0 Å². The molecule has 0 aliphatic carbocycles. The Morgan fingerprint density at radius 1 is 0.800 bits per heavy atom. The average Bonchev–Trinajstić information content (AvgIpc) is 2.53. The van der Waals surface area contributed by atoms with E-state index in [1.165, 1.54) is 0 Å². The topological polar surface area (TPSA) is 34.1 Å². The van der Waals surface area contributed by atoms with E-state index < -0.39 is 0 Å². The van der Waals surface area contributed by atoms with Crippen LogP contribution in [0.15, 0.2) is 66.7 Å². The predicted octanol–water partition coefficient (Wildman–Crippen LogP) is 3.88. The van der Waals surface area contributed by atoms with E-state index in [9.17, 15) is 9.59 Å². The first-order valence-electron chi connectivity index (χ1n) is 6.38. The van der Waals surface area contributed by atoms with Crippen molar-refractivity contribution >= 4 is 22.8 Å². The zero-order valence-electron chi connectivity index (χ0n) is 10.7. The van der Waals surface area contributed by atoms with Crippen molar-refractivity contribution in [2.45, 2.75) is 0 Å². The molecular formula is C18H12O2. The molecule has 0 spiro atoms. The maximum atomic E-state index is 12.6. The minimum Gasteiger partial charge on any atom is -0.298 e. The highest BCUT2D eigenvalue weighted by molar-refractivity contribution is 6.19. The summed E-state index contributed by atoms with van der Waals surface area (Å²) in [6.45, 7) is 0. The molecule has 0 fully saturated rings. The Morgan fingerprint density at radius 2 is 1.50 bits per heavy atom. The molecule has 0 amide bonds. The molecule has 20 heavy (non-hydrogen) atoms. The maximum Gasteiger partial charge on any atom is 0.193 e. The molecule has 3 aromatic carbocycles. The van der Waals surface area contributed by atoms with E-state index in [-0.39, 0.29) is 5.78 Å². The van der Waals surface area contributed by atoms with Crippen LogP contribution in [0.1, 0.15) is 26.3 Å². The van der Waals surface area contributed by atoms with Crippen LogP contribution in [0.4, 0.5) is 0 Å². The van der Waals surface area contributed by atoms with Crippen LogP contribution >= 0.6 is 0 Å². The van der Waals surface area contributed by atoms with Gasteiger partial charge in [0.15, 0.2) is 12.1 Å². The summed E-state index contributed by atoms with van der Waals surface area (Å²) in [5.74, 6) is -0.0644. The van der Waals surface area contributed by atoms with Gasteiger partial charge in [-0.1, -0.05) is 66.7 Å². The van der Waals surface area contributed by atoms with Crippen LogP contribution in [0, 0.1) is 0 Å². The number of carbonyl (C=O) groups is 2. The highest BCUT2D eigenvalue weighted by atomic mass is 16.1. The van der Waals surface area contributed by atoms with Crippen molar-refractivity contribution in [2.24, 2.45) is 0 Å². The molecule has 0 bridgehead atoms. The first-order valence-corrected chi connectivity index (χ1v) is 6.38. The first-order chi connectivity index (χ1) is 9.81. The fourth-order valence-corrected chi connectivity index (χ4v) is 2.40. The van der Waals surface area contributed by atoms with Crippen molar-refractivity contribution in [3.8, 4) is 0 Å². The summed E-state index contributed by atoms with van der Waals surface area (Å²) < 4.78 is 0. The second-order valence-corrected chi connectivity index (χ2v) is 4.56. The normalized spacial score (nSPS) is 10.4. The highest BCUT2D eigenvalue weighted by Gasteiger charge is 2.14. The van der Waals surface area contributed by atoms with Crippen molar-refractivity contribution in [3.63, 3.8) is 0 Å². The minimum atomic E-state index is -0.0644. The van der Waals surface area contributed by atoms with Gasteiger partial charge in [-0.3, -0.25) is 9.59 Å². The zero-order chi connectivity index (χ0) is 13.9. The van der Waals surface area contributed by atoms with Crippen LogP contribution in [0.25, 0.3) is 10.8 Å². The van der Waals surface area contributed by atoms with Crippen LogP contribution in [0.2, 0.25) is 0 Å². The molecule has 0 saturated carbocycles. The van der Waals surface area contributed by atoms with Crippen LogP contribution in [-0.4, -0.2) is 12.1 Å². The smallest absolute Gasteiger partial charge is 0.193 e. The monoisotopic (exact) mass is 260 g/mol. The number of hydrogen-bond donors (Lipinski definition) is 0. The average molecular weight is 260 g/mol. The lowest BCUT2D eigenvalue weighted by atomic mass is 9.94. The van der Waals surface area contributed by atoms with Gasteiger partial charge in [0.25, 0.3) is 0 Å².